The number of nitrogens with one attached hydrogen (secondary N) is 1. The molecule has 0 bridgehead atoms. The zero-order valence-electron chi connectivity index (χ0n) is 15.4. The van der Waals surface area contributed by atoms with Crippen molar-refractivity contribution in [1.29, 1.82) is 0 Å². The third-order valence-corrected chi connectivity index (χ3v) is 5.61. The van der Waals surface area contributed by atoms with E-state index in [4.69, 9.17) is 5.11 Å². The van der Waals surface area contributed by atoms with E-state index >= 15 is 0 Å². The number of aliphatic carboxylic acids is 1. The fourth-order valence-corrected chi connectivity index (χ4v) is 3.99. The van der Waals surface area contributed by atoms with Crippen LogP contribution in [0, 0.1) is 5.92 Å². The standard InChI is InChI=1S/C19H19N5O2S.2ClH/c25-18(26)13-7-10-24(11-8-13)19-21-12-15(27-19)14-4-3-6-17(22-14)23-16-5-1-2-9-20-16;;/h1-6,9,12-13H,7-8,10-11H2,(H,25,26)(H,20,22,23);2*1H. The first-order valence-corrected chi connectivity index (χ1v) is 9.60. The Morgan fingerprint density at radius 2 is 1.83 bits per heavy atom. The first kappa shape index (κ1) is 22.9. The largest absolute Gasteiger partial charge is 0.481 e. The Morgan fingerprint density at radius 1 is 1.07 bits per heavy atom. The summed E-state index contributed by atoms with van der Waals surface area (Å²) in [5.74, 6) is 0.532. The van der Waals surface area contributed by atoms with Gasteiger partial charge >= 0.3 is 5.97 Å². The lowest BCUT2D eigenvalue weighted by atomic mass is 9.98. The SMILES string of the molecule is Cl.Cl.O=C(O)C1CCN(c2ncc(-c3cccc(Nc4ccccn4)n3)s2)CC1. The fraction of sp³-hybridized carbons (Fsp3) is 0.263. The van der Waals surface area contributed by atoms with Gasteiger partial charge in [0, 0.05) is 25.5 Å². The number of pyridine rings is 2. The van der Waals surface area contributed by atoms with Crippen molar-refractivity contribution in [2.75, 3.05) is 23.3 Å². The minimum atomic E-state index is -0.698. The molecule has 4 rings (SSSR count). The first-order valence-electron chi connectivity index (χ1n) is 8.78. The van der Waals surface area contributed by atoms with Crippen molar-refractivity contribution in [3.63, 3.8) is 0 Å². The van der Waals surface area contributed by atoms with E-state index in [2.05, 4.69) is 25.2 Å². The van der Waals surface area contributed by atoms with Crippen LogP contribution in [0.4, 0.5) is 16.8 Å². The van der Waals surface area contributed by atoms with Gasteiger partial charge in [-0.1, -0.05) is 23.5 Å². The number of hydrogen-bond donors (Lipinski definition) is 2. The molecule has 0 aromatic carbocycles. The van der Waals surface area contributed by atoms with Crippen molar-refractivity contribution in [3.05, 3.63) is 48.8 Å². The van der Waals surface area contributed by atoms with Crippen LogP contribution in [0.25, 0.3) is 10.6 Å². The number of hydrogen-bond acceptors (Lipinski definition) is 7. The first-order chi connectivity index (χ1) is 13.2. The molecule has 0 saturated carbocycles. The number of carboxylic acids is 1. The number of piperidine rings is 1. The Bertz CT molecular complexity index is 933. The molecule has 1 saturated heterocycles. The van der Waals surface area contributed by atoms with E-state index in [-0.39, 0.29) is 30.7 Å². The average molecular weight is 454 g/mol. The van der Waals surface area contributed by atoms with E-state index in [0.717, 1.165) is 40.4 Å². The lowest BCUT2D eigenvalue weighted by Gasteiger charge is -2.29. The highest BCUT2D eigenvalue weighted by atomic mass is 35.5. The fourth-order valence-electron chi connectivity index (χ4n) is 3.06. The third kappa shape index (κ3) is 5.56. The summed E-state index contributed by atoms with van der Waals surface area (Å²) >= 11 is 1.58. The highest BCUT2D eigenvalue weighted by molar-refractivity contribution is 7.18. The summed E-state index contributed by atoms with van der Waals surface area (Å²) in [5.41, 5.74) is 0.847. The zero-order valence-corrected chi connectivity index (χ0v) is 17.8. The number of thiazole rings is 1. The van der Waals surface area contributed by atoms with Gasteiger partial charge in [0.2, 0.25) is 0 Å². The van der Waals surface area contributed by atoms with Gasteiger partial charge in [0.15, 0.2) is 5.13 Å². The van der Waals surface area contributed by atoms with Gasteiger partial charge in [0.1, 0.15) is 11.6 Å². The van der Waals surface area contributed by atoms with Crippen LogP contribution in [0.3, 0.4) is 0 Å². The molecule has 0 amide bonds. The number of nitrogens with zero attached hydrogens (tertiary/aromatic N) is 4. The van der Waals surface area contributed by atoms with E-state index in [1.807, 2.05) is 42.6 Å². The van der Waals surface area contributed by atoms with Crippen LogP contribution >= 0.6 is 36.2 Å². The zero-order chi connectivity index (χ0) is 18.6. The molecule has 3 aromatic rings. The van der Waals surface area contributed by atoms with Gasteiger partial charge < -0.3 is 15.3 Å². The van der Waals surface area contributed by atoms with E-state index in [0.29, 0.717) is 12.8 Å². The summed E-state index contributed by atoms with van der Waals surface area (Å²) in [5, 5.41) is 13.2. The molecule has 154 valence electrons. The molecule has 4 heterocycles. The molecule has 1 fully saturated rings. The average Bonchev–Trinajstić information content (AvgIpc) is 3.19. The Morgan fingerprint density at radius 3 is 2.52 bits per heavy atom. The van der Waals surface area contributed by atoms with E-state index < -0.39 is 5.97 Å². The number of rotatable bonds is 5. The molecular weight excluding hydrogens is 433 g/mol. The maximum Gasteiger partial charge on any atom is 0.306 e. The van der Waals surface area contributed by atoms with Crippen molar-refractivity contribution in [1.82, 2.24) is 15.0 Å². The molecule has 29 heavy (non-hydrogen) atoms. The molecule has 0 atom stereocenters. The van der Waals surface area contributed by atoms with Gasteiger partial charge in [-0.2, -0.15) is 0 Å². The predicted molar refractivity (Wildman–Crippen MR) is 120 cm³/mol. The number of carbonyl (C=O) groups is 1. The number of aromatic nitrogens is 3. The summed E-state index contributed by atoms with van der Waals surface area (Å²) in [6.45, 7) is 1.44. The van der Waals surface area contributed by atoms with Crippen LogP contribution in [0.2, 0.25) is 0 Å². The highest BCUT2D eigenvalue weighted by Crippen LogP contribution is 2.33. The summed E-state index contributed by atoms with van der Waals surface area (Å²) in [7, 11) is 0. The summed E-state index contributed by atoms with van der Waals surface area (Å²) in [4.78, 5) is 27.7. The molecule has 2 N–H and O–H groups in total. The second-order valence-electron chi connectivity index (χ2n) is 6.35. The van der Waals surface area contributed by atoms with Crippen molar-refractivity contribution in [2.24, 2.45) is 5.92 Å². The van der Waals surface area contributed by atoms with Crippen LogP contribution in [0.15, 0.2) is 48.8 Å². The van der Waals surface area contributed by atoms with Gasteiger partial charge in [-0.15, -0.1) is 24.8 Å². The molecule has 7 nitrogen and oxygen atoms in total. The minimum Gasteiger partial charge on any atom is -0.481 e. The van der Waals surface area contributed by atoms with Crippen molar-refractivity contribution in [3.8, 4) is 10.6 Å². The number of halogens is 2. The molecule has 3 aromatic heterocycles. The quantitative estimate of drug-likeness (QED) is 0.587. The van der Waals surface area contributed by atoms with Gasteiger partial charge in [-0.25, -0.2) is 15.0 Å². The second-order valence-corrected chi connectivity index (χ2v) is 7.36. The molecule has 0 unspecified atom stereocenters. The van der Waals surface area contributed by atoms with Crippen LogP contribution < -0.4 is 10.2 Å². The molecule has 0 radical (unpaired) electrons. The topological polar surface area (TPSA) is 91.2 Å². The van der Waals surface area contributed by atoms with Gasteiger partial charge in [0.25, 0.3) is 0 Å². The van der Waals surface area contributed by atoms with Gasteiger partial charge in [-0.3, -0.25) is 4.79 Å². The second kappa shape index (κ2) is 10.4. The molecule has 1 aliphatic rings. The summed E-state index contributed by atoms with van der Waals surface area (Å²) in [6.07, 6.45) is 4.88. The van der Waals surface area contributed by atoms with Crippen LogP contribution in [0.5, 0.6) is 0 Å². The molecule has 0 spiro atoms. The Labute approximate surface area is 185 Å². The lowest BCUT2D eigenvalue weighted by Crippen LogP contribution is -2.36. The maximum atomic E-state index is 11.1. The van der Waals surface area contributed by atoms with Gasteiger partial charge in [0.05, 0.1) is 16.5 Å². The van der Waals surface area contributed by atoms with Crippen molar-refractivity contribution >= 4 is 58.9 Å². The lowest BCUT2D eigenvalue weighted by molar-refractivity contribution is -0.142. The smallest absolute Gasteiger partial charge is 0.306 e. The molecule has 10 heteroatoms. The molecule has 1 aliphatic heterocycles. The highest BCUT2D eigenvalue weighted by Gasteiger charge is 2.26. The van der Waals surface area contributed by atoms with Crippen LogP contribution in [0.1, 0.15) is 12.8 Å². The van der Waals surface area contributed by atoms with Crippen LogP contribution in [-0.4, -0.2) is 39.1 Å². The minimum absolute atomic E-state index is 0. The van der Waals surface area contributed by atoms with E-state index in [1.165, 1.54) is 0 Å². The van der Waals surface area contributed by atoms with E-state index in [1.54, 1.807) is 17.5 Å². The normalized spacial score (nSPS) is 13.9. The maximum absolute atomic E-state index is 11.1. The monoisotopic (exact) mass is 453 g/mol. The Kier molecular flexibility index (Phi) is 8.19. The number of anilines is 3. The molecular formula is C19H21Cl2N5O2S. The van der Waals surface area contributed by atoms with E-state index in [9.17, 15) is 4.79 Å². The number of carboxylic acid groups (broad SMARTS) is 1. The third-order valence-electron chi connectivity index (χ3n) is 4.53. The Hall–Kier alpha value is -2.42. The van der Waals surface area contributed by atoms with Gasteiger partial charge in [-0.05, 0) is 37.1 Å². The molecule has 0 aliphatic carbocycles. The Balaban J connectivity index is 0.00000150. The van der Waals surface area contributed by atoms with Crippen molar-refractivity contribution < 1.29 is 9.90 Å². The van der Waals surface area contributed by atoms with Crippen molar-refractivity contribution in [2.45, 2.75) is 12.8 Å². The van der Waals surface area contributed by atoms with Crippen LogP contribution in [-0.2, 0) is 4.79 Å². The summed E-state index contributed by atoms with van der Waals surface area (Å²) < 4.78 is 0. The summed E-state index contributed by atoms with van der Waals surface area (Å²) in [6, 6.07) is 11.5. The predicted octanol–water partition coefficient (Wildman–Crippen LogP) is 4.49.